The first kappa shape index (κ1) is 11.8. The maximum atomic E-state index is 10.8. The van der Waals surface area contributed by atoms with Crippen LogP contribution in [0, 0.1) is 3.57 Å². The van der Waals surface area contributed by atoms with Crippen LogP contribution in [0.1, 0.15) is 20.7 Å². The standard InChI is InChI=1S/C9H7IO5/c1-15-7-3-5(9(13)14)4(8(11)12)2-6(7)10/h2-3H,1H3,(H,11,12)(H,13,14). The normalized spacial score (nSPS) is 9.73. The Hall–Kier alpha value is -1.31. The van der Waals surface area contributed by atoms with Crippen LogP contribution in [0.4, 0.5) is 0 Å². The van der Waals surface area contributed by atoms with E-state index in [-0.39, 0.29) is 11.1 Å². The van der Waals surface area contributed by atoms with Crippen molar-refractivity contribution in [2.24, 2.45) is 0 Å². The number of methoxy groups -OCH3 is 1. The Morgan fingerprint density at radius 2 is 1.67 bits per heavy atom. The average molecular weight is 322 g/mol. The van der Waals surface area contributed by atoms with Crippen LogP contribution in [0.15, 0.2) is 12.1 Å². The van der Waals surface area contributed by atoms with Crippen molar-refractivity contribution < 1.29 is 24.5 Å². The van der Waals surface area contributed by atoms with E-state index in [4.69, 9.17) is 14.9 Å². The summed E-state index contributed by atoms with van der Waals surface area (Å²) >= 11 is 1.88. The molecule has 1 aromatic carbocycles. The minimum Gasteiger partial charge on any atom is -0.496 e. The molecule has 0 unspecified atom stereocenters. The van der Waals surface area contributed by atoms with Gasteiger partial charge in [-0.25, -0.2) is 9.59 Å². The lowest BCUT2D eigenvalue weighted by Gasteiger charge is -2.07. The van der Waals surface area contributed by atoms with Crippen LogP contribution >= 0.6 is 22.6 Å². The maximum absolute atomic E-state index is 10.8. The molecule has 0 aliphatic rings. The van der Waals surface area contributed by atoms with Crippen molar-refractivity contribution in [2.45, 2.75) is 0 Å². The number of halogens is 1. The molecule has 0 radical (unpaired) electrons. The molecule has 0 aliphatic heterocycles. The van der Waals surface area contributed by atoms with Crippen LogP contribution in [-0.2, 0) is 0 Å². The van der Waals surface area contributed by atoms with Gasteiger partial charge < -0.3 is 14.9 Å². The minimum atomic E-state index is -1.29. The molecule has 0 atom stereocenters. The van der Waals surface area contributed by atoms with E-state index in [1.165, 1.54) is 19.2 Å². The molecule has 0 saturated carbocycles. The SMILES string of the molecule is COc1cc(C(=O)O)c(C(=O)O)cc1I. The molecule has 5 nitrogen and oxygen atoms in total. The third-order valence-corrected chi connectivity index (χ3v) is 2.60. The highest BCUT2D eigenvalue weighted by Gasteiger charge is 2.18. The molecule has 0 aliphatic carbocycles. The minimum absolute atomic E-state index is 0.243. The topological polar surface area (TPSA) is 83.8 Å². The van der Waals surface area contributed by atoms with Crippen LogP contribution in [-0.4, -0.2) is 29.3 Å². The third kappa shape index (κ3) is 2.38. The zero-order valence-corrected chi connectivity index (χ0v) is 9.81. The fraction of sp³-hybridized carbons (Fsp3) is 0.111. The average Bonchev–Trinajstić information content (AvgIpc) is 2.16. The molecule has 0 heterocycles. The summed E-state index contributed by atoms with van der Waals surface area (Å²) in [6, 6.07) is 2.47. The van der Waals surface area contributed by atoms with Gasteiger partial charge in [0.15, 0.2) is 0 Å². The molecule has 0 aromatic heterocycles. The van der Waals surface area contributed by atoms with E-state index in [0.717, 1.165) is 0 Å². The second-order valence-corrected chi connectivity index (χ2v) is 3.80. The molecule has 1 rings (SSSR count). The summed E-state index contributed by atoms with van der Waals surface area (Å²) < 4.78 is 5.46. The first-order valence-corrected chi connectivity index (χ1v) is 4.89. The number of hydrogen-bond acceptors (Lipinski definition) is 3. The zero-order chi connectivity index (χ0) is 11.6. The van der Waals surface area contributed by atoms with Gasteiger partial charge in [-0.2, -0.15) is 0 Å². The monoisotopic (exact) mass is 322 g/mol. The third-order valence-electron chi connectivity index (χ3n) is 1.75. The Balaban J connectivity index is 3.45. The van der Waals surface area contributed by atoms with Gasteiger partial charge in [-0.05, 0) is 34.7 Å². The summed E-state index contributed by atoms with van der Waals surface area (Å²) in [7, 11) is 1.39. The van der Waals surface area contributed by atoms with Crippen molar-refractivity contribution in [3.63, 3.8) is 0 Å². The number of carboxylic acids is 2. The number of ether oxygens (including phenoxy) is 1. The van der Waals surface area contributed by atoms with Gasteiger partial charge >= 0.3 is 11.9 Å². The number of benzene rings is 1. The van der Waals surface area contributed by atoms with Gasteiger partial charge in [0, 0.05) is 0 Å². The Labute approximate surface area is 98.8 Å². The molecule has 6 heteroatoms. The maximum Gasteiger partial charge on any atom is 0.336 e. The summed E-state index contributed by atoms with van der Waals surface area (Å²) in [4.78, 5) is 21.6. The number of carboxylic acid groups (broad SMARTS) is 2. The molecule has 0 spiro atoms. The van der Waals surface area contributed by atoms with E-state index in [2.05, 4.69) is 0 Å². The van der Waals surface area contributed by atoms with Gasteiger partial charge in [0.25, 0.3) is 0 Å². The molecule has 0 amide bonds. The highest BCUT2D eigenvalue weighted by Crippen LogP contribution is 2.25. The zero-order valence-electron chi connectivity index (χ0n) is 7.65. The van der Waals surface area contributed by atoms with E-state index in [0.29, 0.717) is 9.32 Å². The second kappa shape index (κ2) is 4.47. The van der Waals surface area contributed by atoms with Crippen LogP contribution in [0.3, 0.4) is 0 Å². The molecule has 15 heavy (non-hydrogen) atoms. The van der Waals surface area contributed by atoms with Crippen LogP contribution in [0.2, 0.25) is 0 Å². The summed E-state index contributed by atoms with van der Waals surface area (Å²) in [5.74, 6) is -2.21. The van der Waals surface area contributed by atoms with E-state index >= 15 is 0 Å². The molecular weight excluding hydrogens is 315 g/mol. The van der Waals surface area contributed by atoms with E-state index in [1.807, 2.05) is 22.6 Å². The Bertz CT molecular complexity index is 427. The predicted octanol–water partition coefficient (Wildman–Crippen LogP) is 1.70. The quantitative estimate of drug-likeness (QED) is 0.828. The lowest BCUT2D eigenvalue weighted by atomic mass is 10.1. The summed E-state index contributed by atoms with van der Waals surface area (Å²) in [6.45, 7) is 0. The number of aromatic carboxylic acids is 2. The van der Waals surface area contributed by atoms with Crippen molar-refractivity contribution in [3.8, 4) is 5.75 Å². The highest BCUT2D eigenvalue weighted by atomic mass is 127. The fourth-order valence-corrected chi connectivity index (χ4v) is 1.75. The molecule has 0 fully saturated rings. The van der Waals surface area contributed by atoms with Crippen LogP contribution in [0.25, 0.3) is 0 Å². The summed E-state index contributed by atoms with van der Waals surface area (Å²) in [6.07, 6.45) is 0. The van der Waals surface area contributed by atoms with E-state index in [9.17, 15) is 9.59 Å². The van der Waals surface area contributed by atoms with Gasteiger partial charge in [0.2, 0.25) is 0 Å². The van der Waals surface area contributed by atoms with Gasteiger partial charge in [-0.15, -0.1) is 0 Å². The van der Waals surface area contributed by atoms with E-state index in [1.54, 1.807) is 0 Å². The molecular formula is C9H7IO5. The predicted molar refractivity (Wildman–Crippen MR) is 59.6 cm³/mol. The van der Waals surface area contributed by atoms with Crippen LogP contribution < -0.4 is 4.74 Å². The van der Waals surface area contributed by atoms with Crippen LogP contribution in [0.5, 0.6) is 5.75 Å². The largest absolute Gasteiger partial charge is 0.496 e. The lowest BCUT2D eigenvalue weighted by molar-refractivity contribution is 0.0651. The molecule has 1 aromatic rings. The number of hydrogen-bond donors (Lipinski definition) is 2. The smallest absolute Gasteiger partial charge is 0.336 e. The Morgan fingerprint density at radius 3 is 2.07 bits per heavy atom. The first-order valence-electron chi connectivity index (χ1n) is 3.81. The Kier molecular flexibility index (Phi) is 3.51. The molecule has 80 valence electrons. The van der Waals surface area contributed by atoms with Crippen molar-refractivity contribution in [1.29, 1.82) is 0 Å². The summed E-state index contributed by atoms with van der Waals surface area (Å²) in [5, 5.41) is 17.6. The number of carbonyl (C=O) groups is 2. The molecule has 0 bridgehead atoms. The highest BCUT2D eigenvalue weighted by molar-refractivity contribution is 14.1. The van der Waals surface area contributed by atoms with Crippen molar-refractivity contribution in [3.05, 3.63) is 26.8 Å². The summed E-state index contributed by atoms with van der Waals surface area (Å²) in [5.41, 5.74) is -0.521. The van der Waals surface area contributed by atoms with Gasteiger partial charge in [0.1, 0.15) is 5.75 Å². The second-order valence-electron chi connectivity index (χ2n) is 2.64. The first-order chi connectivity index (χ1) is 6.97. The number of rotatable bonds is 3. The fourth-order valence-electron chi connectivity index (χ4n) is 1.06. The van der Waals surface area contributed by atoms with Crippen molar-refractivity contribution in [1.82, 2.24) is 0 Å². The van der Waals surface area contributed by atoms with Gasteiger partial charge in [-0.1, -0.05) is 0 Å². The van der Waals surface area contributed by atoms with E-state index < -0.39 is 11.9 Å². The molecule has 0 saturated heterocycles. The van der Waals surface area contributed by atoms with Gasteiger partial charge in [-0.3, -0.25) is 0 Å². The molecule has 2 N–H and O–H groups in total. The van der Waals surface area contributed by atoms with Crippen molar-refractivity contribution in [2.75, 3.05) is 7.11 Å². The van der Waals surface area contributed by atoms with Crippen molar-refractivity contribution >= 4 is 34.5 Å². The lowest BCUT2D eigenvalue weighted by Crippen LogP contribution is -2.09. The Morgan fingerprint density at radius 1 is 1.20 bits per heavy atom. The van der Waals surface area contributed by atoms with Gasteiger partial charge in [0.05, 0.1) is 21.8 Å².